The topological polar surface area (TPSA) is 88.2 Å². The maximum absolute atomic E-state index is 12.3. The number of carbonyl (C=O) groups is 1. The van der Waals surface area contributed by atoms with Crippen LogP contribution in [0.15, 0.2) is 70.3 Å². The fourth-order valence-electron chi connectivity index (χ4n) is 2.56. The van der Waals surface area contributed by atoms with Crippen LogP contribution in [0.1, 0.15) is 15.4 Å². The zero-order chi connectivity index (χ0) is 19.6. The maximum Gasteiger partial charge on any atom is 0.271 e. The molecule has 0 aliphatic rings. The number of fused-ring (bicyclic) bond motifs is 1. The molecule has 0 unspecified atom stereocenters. The normalized spacial score (nSPS) is 11.4. The second-order valence-corrected chi connectivity index (χ2v) is 9.85. The molecule has 4 rings (SSSR count). The summed E-state index contributed by atoms with van der Waals surface area (Å²) in [5.74, 6) is -0.244. The minimum atomic E-state index is -3.60. The SMILES string of the molecule is O=C(NCc1nc2ccccc2s1)c1ccc(NS(=O)(=O)c2cccs2)cc1. The van der Waals surface area contributed by atoms with Crippen LogP contribution in [0, 0.1) is 0 Å². The van der Waals surface area contributed by atoms with Gasteiger partial charge in [-0.05, 0) is 47.8 Å². The molecule has 0 saturated carbocycles. The molecule has 9 heteroatoms. The number of amides is 1. The number of benzene rings is 2. The highest BCUT2D eigenvalue weighted by Crippen LogP contribution is 2.22. The van der Waals surface area contributed by atoms with E-state index in [1.807, 2.05) is 24.3 Å². The van der Waals surface area contributed by atoms with E-state index in [1.165, 1.54) is 6.07 Å². The van der Waals surface area contributed by atoms with Crippen LogP contribution in [0.5, 0.6) is 0 Å². The van der Waals surface area contributed by atoms with Crippen LogP contribution in [-0.2, 0) is 16.6 Å². The van der Waals surface area contributed by atoms with Gasteiger partial charge in [0.2, 0.25) is 0 Å². The highest BCUT2D eigenvalue weighted by Gasteiger charge is 2.15. The standard InChI is InChI=1S/C19H15N3O3S3/c23-19(20-12-17-21-15-4-1-2-5-16(15)27-17)13-7-9-14(10-8-13)22-28(24,25)18-6-3-11-26-18/h1-11,22H,12H2,(H,20,23). The van der Waals surface area contributed by atoms with Crippen LogP contribution in [-0.4, -0.2) is 19.3 Å². The van der Waals surface area contributed by atoms with Gasteiger partial charge in [0.1, 0.15) is 9.22 Å². The summed E-state index contributed by atoms with van der Waals surface area (Å²) < 4.78 is 28.3. The summed E-state index contributed by atoms with van der Waals surface area (Å²) >= 11 is 2.68. The van der Waals surface area contributed by atoms with Crippen molar-refractivity contribution in [3.05, 3.63) is 76.6 Å². The molecule has 1 amide bonds. The molecule has 2 aromatic carbocycles. The summed E-state index contributed by atoms with van der Waals surface area (Å²) in [6, 6.07) is 17.3. The van der Waals surface area contributed by atoms with Crippen LogP contribution >= 0.6 is 22.7 Å². The molecule has 0 radical (unpaired) electrons. The predicted octanol–water partition coefficient (Wildman–Crippen LogP) is 4.09. The third kappa shape index (κ3) is 4.06. The number of thiazole rings is 1. The Morgan fingerprint density at radius 3 is 2.50 bits per heavy atom. The first-order chi connectivity index (χ1) is 13.5. The van der Waals surface area contributed by atoms with Crippen molar-refractivity contribution in [1.29, 1.82) is 0 Å². The van der Waals surface area contributed by atoms with Crippen molar-refractivity contribution in [1.82, 2.24) is 10.3 Å². The lowest BCUT2D eigenvalue weighted by Gasteiger charge is -2.07. The van der Waals surface area contributed by atoms with Gasteiger partial charge in [-0.15, -0.1) is 22.7 Å². The Kier molecular flexibility index (Phi) is 5.12. The first kappa shape index (κ1) is 18.6. The molecule has 0 aliphatic carbocycles. The number of hydrogen-bond donors (Lipinski definition) is 2. The molecule has 4 aromatic rings. The Bertz CT molecular complexity index is 1180. The number of anilines is 1. The molecule has 0 fully saturated rings. The summed E-state index contributed by atoms with van der Waals surface area (Å²) in [7, 11) is -3.60. The number of rotatable bonds is 6. The van der Waals surface area contributed by atoms with E-state index in [0.717, 1.165) is 26.6 Å². The van der Waals surface area contributed by atoms with Crippen molar-refractivity contribution in [3.63, 3.8) is 0 Å². The molecular weight excluding hydrogens is 414 g/mol. The summed E-state index contributed by atoms with van der Waals surface area (Å²) in [6.45, 7) is 0.338. The molecule has 0 aliphatic heterocycles. The van der Waals surface area contributed by atoms with Crippen LogP contribution in [0.3, 0.4) is 0 Å². The van der Waals surface area contributed by atoms with E-state index in [-0.39, 0.29) is 10.1 Å². The Balaban J connectivity index is 1.39. The van der Waals surface area contributed by atoms with Gasteiger partial charge >= 0.3 is 0 Å². The number of hydrogen-bond acceptors (Lipinski definition) is 6. The first-order valence-electron chi connectivity index (χ1n) is 8.30. The quantitative estimate of drug-likeness (QED) is 0.483. The van der Waals surface area contributed by atoms with E-state index in [2.05, 4.69) is 15.0 Å². The first-order valence-corrected chi connectivity index (χ1v) is 11.5. The van der Waals surface area contributed by atoms with Gasteiger partial charge in [-0.2, -0.15) is 0 Å². The summed E-state index contributed by atoms with van der Waals surface area (Å²) in [5.41, 5.74) is 1.76. The zero-order valence-corrected chi connectivity index (χ0v) is 16.9. The van der Waals surface area contributed by atoms with Gasteiger partial charge in [-0.25, -0.2) is 13.4 Å². The van der Waals surface area contributed by atoms with Gasteiger partial charge in [0.15, 0.2) is 0 Å². The fraction of sp³-hybridized carbons (Fsp3) is 0.0526. The average molecular weight is 430 g/mol. The minimum absolute atomic E-state index is 0.241. The molecule has 0 bridgehead atoms. The summed E-state index contributed by atoms with van der Waals surface area (Å²) in [6.07, 6.45) is 0. The third-order valence-electron chi connectivity index (χ3n) is 3.90. The highest BCUT2D eigenvalue weighted by atomic mass is 32.2. The van der Waals surface area contributed by atoms with Gasteiger partial charge in [0.05, 0.1) is 16.8 Å². The number of nitrogens with one attached hydrogen (secondary N) is 2. The number of thiophene rings is 1. The average Bonchev–Trinajstić information content (AvgIpc) is 3.36. The Morgan fingerprint density at radius 1 is 1.00 bits per heavy atom. The Hall–Kier alpha value is -2.75. The van der Waals surface area contributed by atoms with Gasteiger partial charge in [-0.3, -0.25) is 9.52 Å². The number of carbonyl (C=O) groups excluding carboxylic acids is 1. The molecule has 0 saturated heterocycles. The van der Waals surface area contributed by atoms with Crippen LogP contribution in [0.2, 0.25) is 0 Å². The number of nitrogens with zero attached hydrogens (tertiary/aromatic N) is 1. The van der Waals surface area contributed by atoms with Crippen LogP contribution < -0.4 is 10.0 Å². The van der Waals surface area contributed by atoms with Gasteiger partial charge < -0.3 is 5.32 Å². The van der Waals surface area contributed by atoms with Gasteiger partial charge in [-0.1, -0.05) is 18.2 Å². The van der Waals surface area contributed by atoms with E-state index in [9.17, 15) is 13.2 Å². The van der Waals surface area contributed by atoms with Gasteiger partial charge in [0, 0.05) is 11.3 Å². The monoisotopic (exact) mass is 429 g/mol. The smallest absolute Gasteiger partial charge is 0.271 e. The molecule has 2 aromatic heterocycles. The van der Waals surface area contributed by atoms with Crippen LogP contribution in [0.25, 0.3) is 10.2 Å². The maximum atomic E-state index is 12.3. The molecule has 2 heterocycles. The second kappa shape index (κ2) is 7.70. The van der Waals surface area contributed by atoms with Crippen molar-refractivity contribution >= 4 is 54.5 Å². The third-order valence-corrected chi connectivity index (χ3v) is 7.71. The van der Waals surface area contributed by atoms with Crippen molar-refractivity contribution in [2.75, 3.05) is 4.72 Å². The highest BCUT2D eigenvalue weighted by molar-refractivity contribution is 7.94. The van der Waals surface area contributed by atoms with E-state index in [1.54, 1.807) is 47.0 Å². The van der Waals surface area contributed by atoms with E-state index in [4.69, 9.17) is 0 Å². The summed E-state index contributed by atoms with van der Waals surface area (Å²) in [4.78, 5) is 16.8. The van der Waals surface area contributed by atoms with Crippen molar-refractivity contribution in [2.45, 2.75) is 10.8 Å². The van der Waals surface area contributed by atoms with E-state index < -0.39 is 10.0 Å². The number of para-hydroxylation sites is 1. The lowest BCUT2D eigenvalue weighted by molar-refractivity contribution is 0.0951. The lowest BCUT2D eigenvalue weighted by Crippen LogP contribution is -2.22. The molecule has 28 heavy (non-hydrogen) atoms. The number of sulfonamides is 1. The largest absolute Gasteiger partial charge is 0.346 e. The Morgan fingerprint density at radius 2 is 1.79 bits per heavy atom. The molecule has 2 N–H and O–H groups in total. The zero-order valence-electron chi connectivity index (χ0n) is 14.5. The van der Waals surface area contributed by atoms with Crippen molar-refractivity contribution in [2.24, 2.45) is 0 Å². The van der Waals surface area contributed by atoms with E-state index >= 15 is 0 Å². The second-order valence-electron chi connectivity index (χ2n) is 5.87. The summed E-state index contributed by atoms with van der Waals surface area (Å²) in [5, 5.41) is 5.37. The van der Waals surface area contributed by atoms with E-state index in [0.29, 0.717) is 17.8 Å². The molecule has 0 atom stereocenters. The van der Waals surface area contributed by atoms with Gasteiger partial charge in [0.25, 0.3) is 15.9 Å². The molecule has 6 nitrogen and oxygen atoms in total. The molecule has 142 valence electrons. The predicted molar refractivity (Wildman–Crippen MR) is 112 cm³/mol. The Labute approximate surface area is 169 Å². The molecule has 0 spiro atoms. The van der Waals surface area contributed by atoms with Crippen molar-refractivity contribution in [3.8, 4) is 0 Å². The lowest BCUT2D eigenvalue weighted by atomic mass is 10.2. The van der Waals surface area contributed by atoms with Crippen LogP contribution in [0.4, 0.5) is 5.69 Å². The minimum Gasteiger partial charge on any atom is -0.346 e. The molecular formula is C19H15N3O3S3. The fourth-order valence-corrected chi connectivity index (χ4v) is 5.52. The van der Waals surface area contributed by atoms with Crippen molar-refractivity contribution < 1.29 is 13.2 Å². The number of aromatic nitrogens is 1.